The molecule has 1 aliphatic heterocycles. The lowest BCUT2D eigenvalue weighted by Crippen LogP contribution is -2.68. The second-order valence-electron chi connectivity index (χ2n) is 7.99. The summed E-state index contributed by atoms with van der Waals surface area (Å²) in [6.45, 7) is 2.19. The van der Waals surface area contributed by atoms with Crippen LogP contribution in [-0.2, 0) is 0 Å². The summed E-state index contributed by atoms with van der Waals surface area (Å²) in [5.74, 6) is 0. The van der Waals surface area contributed by atoms with Crippen LogP contribution in [0.25, 0.3) is 10.5 Å². The molecular weight excluding hydrogens is 482 g/mol. The third-order valence-electron chi connectivity index (χ3n) is 5.18. The van der Waals surface area contributed by atoms with Crippen molar-refractivity contribution >= 4 is 28.0 Å². The van der Waals surface area contributed by atoms with Gasteiger partial charge in [-0.15, -0.1) is 10.2 Å². The molecule has 1 aliphatic carbocycles. The van der Waals surface area contributed by atoms with Crippen molar-refractivity contribution in [1.29, 1.82) is 0 Å². The predicted octanol–water partition coefficient (Wildman–Crippen LogP) is 2.14. The summed E-state index contributed by atoms with van der Waals surface area (Å²) in [4.78, 5) is 2.53. The van der Waals surface area contributed by atoms with E-state index in [-0.39, 0.29) is 0 Å². The molecule has 5 nitrogen and oxygen atoms in total. The van der Waals surface area contributed by atoms with Gasteiger partial charge in [-0.3, -0.25) is 0 Å². The lowest BCUT2D eigenvalue weighted by atomic mass is 10.0. The smallest absolute Gasteiger partial charge is 0.199 e. The second kappa shape index (κ2) is 12.1. The van der Waals surface area contributed by atoms with E-state index in [4.69, 9.17) is 18.6 Å². The van der Waals surface area contributed by atoms with E-state index in [2.05, 4.69) is 129 Å². The Hall–Kier alpha value is -2.97. The summed E-state index contributed by atoms with van der Waals surface area (Å²) < 4.78 is 36.1. The van der Waals surface area contributed by atoms with Gasteiger partial charge in [0.2, 0.25) is 0 Å². The van der Waals surface area contributed by atoms with Crippen molar-refractivity contribution in [2.75, 3.05) is 14.1 Å². The fraction of sp³-hybridized carbons (Fsp3) is 0.107. The van der Waals surface area contributed by atoms with Gasteiger partial charge in [0.25, 0.3) is 0 Å². The molecule has 0 atom stereocenters. The Labute approximate surface area is 212 Å². The quantitative estimate of drug-likeness (QED) is 0.593. The highest BCUT2D eigenvalue weighted by molar-refractivity contribution is 8.12. The molecule has 2 aliphatic rings. The average molecular weight is 508 g/mol. The average Bonchev–Trinajstić information content (AvgIpc) is 2.84. The number of nitrogens with zero attached hydrogens (tertiary/aromatic N) is 1. The number of hydrogen-bond donors (Lipinski definition) is 0. The van der Waals surface area contributed by atoms with Gasteiger partial charge in [0.05, 0.1) is 0 Å². The van der Waals surface area contributed by atoms with E-state index < -0.39 is 10.2 Å². The number of benzene rings is 2. The fourth-order valence-corrected chi connectivity index (χ4v) is 4.57. The molecule has 0 N–H and O–H groups in total. The largest absolute Gasteiger partial charge is 0.235 e. The topological polar surface area (TPSA) is 95.2 Å². The maximum Gasteiger partial charge on any atom is 0.199 e. The summed E-state index contributed by atoms with van der Waals surface area (Å²) in [6, 6.07) is 21.2. The SMILES string of the molecule is CC(C=C1C=C(c2ccccc2)C=C(c2ccccc2)S1)=C1C=CC(=[N+](C)C)C=C1.[O-][Cl+3]([O-])([O-])[O-]. The van der Waals surface area contributed by atoms with Gasteiger partial charge in [0.15, 0.2) is 5.71 Å². The van der Waals surface area contributed by atoms with Crippen LogP contribution in [0.5, 0.6) is 0 Å². The number of halogens is 1. The summed E-state index contributed by atoms with van der Waals surface area (Å²) in [5, 5.41) is 0. The molecule has 0 radical (unpaired) electrons. The molecule has 1 heterocycles. The first-order valence-electron chi connectivity index (χ1n) is 10.8. The van der Waals surface area contributed by atoms with Gasteiger partial charge >= 0.3 is 0 Å². The molecule has 180 valence electrons. The summed E-state index contributed by atoms with van der Waals surface area (Å²) in [6.07, 6.45) is 15.6. The normalized spacial score (nSPS) is 16.4. The lowest BCUT2D eigenvalue weighted by molar-refractivity contribution is -2.00. The highest BCUT2D eigenvalue weighted by atomic mass is 35.7. The zero-order chi connectivity index (χ0) is 25.4. The van der Waals surface area contributed by atoms with E-state index in [1.165, 1.54) is 43.4 Å². The van der Waals surface area contributed by atoms with Gasteiger partial charge in [-0.05, 0) is 65.2 Å². The van der Waals surface area contributed by atoms with Crippen LogP contribution in [0.1, 0.15) is 18.1 Å². The van der Waals surface area contributed by atoms with Crippen LogP contribution < -0.4 is 18.6 Å². The highest BCUT2D eigenvalue weighted by Gasteiger charge is 2.14. The molecule has 0 saturated heterocycles. The molecule has 7 heteroatoms. The maximum atomic E-state index is 8.49. The third kappa shape index (κ3) is 8.64. The molecular formula is C28H26ClNO4S. The molecule has 0 amide bonds. The predicted molar refractivity (Wildman–Crippen MR) is 133 cm³/mol. The van der Waals surface area contributed by atoms with Crippen molar-refractivity contribution in [2.45, 2.75) is 6.92 Å². The van der Waals surface area contributed by atoms with Crippen molar-refractivity contribution in [1.82, 2.24) is 0 Å². The Kier molecular flexibility index (Phi) is 9.23. The Morgan fingerprint density at radius 2 is 1.29 bits per heavy atom. The van der Waals surface area contributed by atoms with Crippen molar-refractivity contribution in [2.24, 2.45) is 0 Å². The molecule has 0 saturated carbocycles. The molecule has 0 unspecified atom stereocenters. The first kappa shape index (κ1) is 26.6. The van der Waals surface area contributed by atoms with Crippen molar-refractivity contribution in [3.63, 3.8) is 0 Å². The van der Waals surface area contributed by atoms with Crippen LogP contribution in [0.2, 0.25) is 0 Å². The molecule has 0 spiro atoms. The van der Waals surface area contributed by atoms with Gasteiger partial charge in [-0.2, -0.15) is 0 Å². The van der Waals surface area contributed by atoms with Crippen molar-refractivity contribution < 1.29 is 33.5 Å². The summed E-state index contributed by atoms with van der Waals surface area (Å²) >= 11 is 1.83. The van der Waals surface area contributed by atoms with E-state index in [0.29, 0.717) is 0 Å². The monoisotopic (exact) mass is 507 g/mol. The van der Waals surface area contributed by atoms with Gasteiger partial charge in [0.1, 0.15) is 14.1 Å². The summed E-state index contributed by atoms with van der Waals surface area (Å²) in [5.41, 5.74) is 7.47. The first-order valence-corrected chi connectivity index (χ1v) is 12.8. The van der Waals surface area contributed by atoms with Crippen LogP contribution in [-0.4, -0.2) is 24.4 Å². The molecule has 4 rings (SSSR count). The van der Waals surface area contributed by atoms with Gasteiger partial charge in [-0.25, -0.2) is 23.2 Å². The van der Waals surface area contributed by atoms with Gasteiger partial charge in [-0.1, -0.05) is 72.4 Å². The summed E-state index contributed by atoms with van der Waals surface area (Å²) in [7, 11) is -0.806. The number of rotatable bonds is 3. The van der Waals surface area contributed by atoms with Crippen molar-refractivity contribution in [3.05, 3.63) is 130 Å². The van der Waals surface area contributed by atoms with Crippen molar-refractivity contribution in [3.8, 4) is 0 Å². The Balaban J connectivity index is 0.000000623. The number of hydrogen-bond acceptors (Lipinski definition) is 5. The van der Waals surface area contributed by atoms with E-state index >= 15 is 0 Å². The highest BCUT2D eigenvalue weighted by Crippen LogP contribution is 2.42. The second-order valence-corrected chi connectivity index (χ2v) is 9.86. The minimum atomic E-state index is -4.94. The molecule has 2 aromatic carbocycles. The van der Waals surface area contributed by atoms with Crippen LogP contribution in [0.15, 0.2) is 119 Å². The molecule has 0 aromatic heterocycles. The van der Waals surface area contributed by atoms with Crippen LogP contribution in [0.3, 0.4) is 0 Å². The third-order valence-corrected chi connectivity index (χ3v) is 6.22. The maximum absolute atomic E-state index is 8.49. The van der Waals surface area contributed by atoms with E-state index in [1.54, 1.807) is 0 Å². The van der Waals surface area contributed by atoms with Crippen LogP contribution in [0.4, 0.5) is 0 Å². The minimum absolute atomic E-state index is 1.21. The Morgan fingerprint density at radius 1 is 0.771 bits per heavy atom. The molecule has 0 fully saturated rings. The number of allylic oxidation sites excluding steroid dienone is 10. The zero-order valence-corrected chi connectivity index (χ0v) is 21.3. The number of thioether (sulfide) groups is 1. The minimum Gasteiger partial charge on any atom is -0.235 e. The Morgan fingerprint density at radius 3 is 1.80 bits per heavy atom. The standard InChI is InChI=1S/C28H26NS.ClHO4/c1-21(22-14-16-26(17-15-22)29(2)3)18-27-19-25(23-10-6-4-7-11-23)20-28(30-27)24-12-8-5-9-13-24;2-1(3,4)5/h4-20H,1-3H3;(H,2,3,4,5)/q+1;/p-1. The van der Waals surface area contributed by atoms with E-state index in [1.807, 2.05) is 11.8 Å². The van der Waals surface area contributed by atoms with E-state index in [9.17, 15) is 0 Å². The molecule has 35 heavy (non-hydrogen) atoms. The molecule has 2 aromatic rings. The van der Waals surface area contributed by atoms with Gasteiger partial charge in [0, 0.05) is 22.0 Å². The fourth-order valence-electron chi connectivity index (χ4n) is 3.45. The Bertz CT molecular complexity index is 1240. The van der Waals surface area contributed by atoms with E-state index in [0.717, 1.165) is 0 Å². The van der Waals surface area contributed by atoms with Gasteiger partial charge < -0.3 is 0 Å². The lowest BCUT2D eigenvalue weighted by Gasteiger charge is -2.17. The molecule has 0 bridgehead atoms. The zero-order valence-electron chi connectivity index (χ0n) is 19.7. The first-order chi connectivity index (χ1) is 16.6. The van der Waals surface area contributed by atoms with Crippen LogP contribution in [0, 0.1) is 10.2 Å². The van der Waals surface area contributed by atoms with Crippen LogP contribution >= 0.6 is 11.8 Å².